The molecule has 2 heterocycles. The van der Waals surface area contributed by atoms with Gasteiger partial charge in [0.15, 0.2) is 0 Å². The van der Waals surface area contributed by atoms with Crippen molar-refractivity contribution < 1.29 is 27.9 Å². The molecule has 0 unspecified atom stereocenters. The predicted molar refractivity (Wildman–Crippen MR) is 86.3 cm³/mol. The Bertz CT molecular complexity index is 847. The molecule has 0 spiro atoms. The number of amides is 1. The molecule has 9 heteroatoms. The molecule has 0 bridgehead atoms. The number of hydrogen-bond acceptors (Lipinski definition) is 3. The van der Waals surface area contributed by atoms with Gasteiger partial charge in [-0.3, -0.25) is 9.59 Å². The highest BCUT2D eigenvalue weighted by atomic mass is 19.4. The summed E-state index contributed by atoms with van der Waals surface area (Å²) in [5, 5.41) is 9.26. The second-order valence-corrected chi connectivity index (χ2v) is 6.42. The first-order chi connectivity index (χ1) is 12.2. The number of carbonyl (C=O) groups is 2. The van der Waals surface area contributed by atoms with Crippen LogP contribution in [0, 0.1) is 5.92 Å². The summed E-state index contributed by atoms with van der Waals surface area (Å²) in [5.41, 5.74) is 0.371. The van der Waals surface area contributed by atoms with Crippen molar-refractivity contribution in [2.75, 3.05) is 6.54 Å². The first-order valence-corrected chi connectivity index (χ1v) is 8.25. The molecule has 3 rings (SSSR count). The zero-order valence-electron chi connectivity index (χ0n) is 14.0. The maximum atomic E-state index is 13.3. The first-order valence-electron chi connectivity index (χ1n) is 8.25. The Morgan fingerprint density at radius 1 is 1.31 bits per heavy atom. The summed E-state index contributed by atoms with van der Waals surface area (Å²) >= 11 is 0. The molecule has 2 aromatic rings. The number of nitrogens with zero attached hydrogens (tertiary/aromatic N) is 3. The molecule has 1 fully saturated rings. The largest absolute Gasteiger partial charge is 0.481 e. The number of imidazole rings is 1. The molecular formula is C17H18F3N3O3. The van der Waals surface area contributed by atoms with Crippen LogP contribution in [0.2, 0.25) is 0 Å². The van der Waals surface area contributed by atoms with Crippen LogP contribution in [0.4, 0.5) is 13.2 Å². The van der Waals surface area contributed by atoms with Crippen molar-refractivity contribution >= 4 is 22.9 Å². The Labute approximate surface area is 147 Å². The Kier molecular flexibility index (Phi) is 4.64. The van der Waals surface area contributed by atoms with Gasteiger partial charge in [0.2, 0.25) is 11.7 Å². The van der Waals surface area contributed by atoms with Crippen molar-refractivity contribution in [1.29, 1.82) is 0 Å². The smallest absolute Gasteiger partial charge is 0.449 e. The molecule has 2 atom stereocenters. The number of likely N-dealkylation sites (tertiary alicyclic amines) is 1. The van der Waals surface area contributed by atoms with Gasteiger partial charge in [-0.2, -0.15) is 13.2 Å². The number of para-hydroxylation sites is 2. The lowest BCUT2D eigenvalue weighted by Gasteiger charge is -2.37. The van der Waals surface area contributed by atoms with Gasteiger partial charge in [0.25, 0.3) is 0 Å². The molecule has 1 aliphatic heterocycles. The molecule has 1 aliphatic rings. The third-order valence-corrected chi connectivity index (χ3v) is 4.83. The molecule has 0 aliphatic carbocycles. The Balaban J connectivity index is 1.93. The number of hydrogen-bond donors (Lipinski definition) is 1. The number of rotatable bonds is 3. The van der Waals surface area contributed by atoms with Gasteiger partial charge in [-0.25, -0.2) is 4.98 Å². The molecule has 26 heavy (non-hydrogen) atoms. The maximum absolute atomic E-state index is 13.3. The van der Waals surface area contributed by atoms with E-state index in [-0.39, 0.29) is 11.0 Å². The zero-order valence-corrected chi connectivity index (χ0v) is 14.0. The summed E-state index contributed by atoms with van der Waals surface area (Å²) in [6.45, 7) is 1.41. The van der Waals surface area contributed by atoms with Crippen LogP contribution in [0.3, 0.4) is 0 Å². The normalized spacial score (nSPS) is 21.2. The lowest BCUT2D eigenvalue weighted by molar-refractivity contribution is -0.150. The molecule has 1 N–H and O–H groups in total. The van der Waals surface area contributed by atoms with Crippen LogP contribution < -0.4 is 0 Å². The second-order valence-electron chi connectivity index (χ2n) is 6.42. The van der Waals surface area contributed by atoms with E-state index in [1.165, 1.54) is 17.0 Å². The summed E-state index contributed by atoms with van der Waals surface area (Å²) in [6, 6.07) is 5.51. The highest BCUT2D eigenvalue weighted by Gasteiger charge is 2.40. The van der Waals surface area contributed by atoms with E-state index in [2.05, 4.69) is 4.98 Å². The molecule has 0 saturated carbocycles. The minimum absolute atomic E-state index is 0.155. The molecule has 140 valence electrons. The monoisotopic (exact) mass is 369 g/mol. The maximum Gasteiger partial charge on any atom is 0.449 e. The number of benzene rings is 1. The summed E-state index contributed by atoms with van der Waals surface area (Å²) in [6.07, 6.45) is -3.75. The van der Waals surface area contributed by atoms with Crippen LogP contribution in [0.1, 0.15) is 25.6 Å². The van der Waals surface area contributed by atoms with Gasteiger partial charge in [0.05, 0.1) is 17.0 Å². The van der Waals surface area contributed by atoms with E-state index in [4.69, 9.17) is 0 Å². The fourth-order valence-corrected chi connectivity index (χ4v) is 3.50. The quantitative estimate of drug-likeness (QED) is 0.903. The number of piperidine rings is 1. The fraction of sp³-hybridized carbons (Fsp3) is 0.471. The minimum Gasteiger partial charge on any atom is -0.481 e. The van der Waals surface area contributed by atoms with Crippen LogP contribution in [0.25, 0.3) is 11.0 Å². The average Bonchev–Trinajstić information content (AvgIpc) is 2.94. The van der Waals surface area contributed by atoms with Crippen LogP contribution >= 0.6 is 0 Å². The third-order valence-electron chi connectivity index (χ3n) is 4.83. The lowest BCUT2D eigenvalue weighted by atomic mass is 9.90. The topological polar surface area (TPSA) is 75.4 Å². The van der Waals surface area contributed by atoms with Gasteiger partial charge in [0, 0.05) is 12.6 Å². The highest BCUT2D eigenvalue weighted by molar-refractivity contribution is 5.82. The van der Waals surface area contributed by atoms with Crippen molar-refractivity contribution in [3.63, 3.8) is 0 Å². The lowest BCUT2D eigenvalue weighted by Crippen LogP contribution is -2.50. The number of alkyl halides is 3. The summed E-state index contributed by atoms with van der Waals surface area (Å²) in [4.78, 5) is 29.0. The van der Waals surface area contributed by atoms with E-state index in [1.807, 2.05) is 0 Å². The number of carboxylic acids is 1. The molecule has 1 aromatic carbocycles. The van der Waals surface area contributed by atoms with E-state index >= 15 is 0 Å². The van der Waals surface area contributed by atoms with Gasteiger partial charge in [-0.05, 0) is 31.9 Å². The highest BCUT2D eigenvalue weighted by Crippen LogP contribution is 2.32. The van der Waals surface area contributed by atoms with E-state index < -0.39 is 42.4 Å². The molecule has 0 radical (unpaired) electrons. The SMILES string of the molecule is C[C@@H]1[C@H](C(=O)O)CCCN1C(=O)Cn1c(C(F)(F)F)nc2ccccc21. The Hall–Kier alpha value is -2.58. The van der Waals surface area contributed by atoms with Gasteiger partial charge >= 0.3 is 12.1 Å². The van der Waals surface area contributed by atoms with Gasteiger partial charge in [-0.15, -0.1) is 0 Å². The third kappa shape index (κ3) is 3.25. The van der Waals surface area contributed by atoms with E-state index in [0.29, 0.717) is 19.4 Å². The minimum atomic E-state index is -4.70. The molecule has 6 nitrogen and oxygen atoms in total. The van der Waals surface area contributed by atoms with Crippen LogP contribution in [0.5, 0.6) is 0 Å². The summed E-state index contributed by atoms with van der Waals surface area (Å²) in [7, 11) is 0. The van der Waals surface area contributed by atoms with Crippen LogP contribution in [-0.2, 0) is 22.3 Å². The number of aromatic nitrogens is 2. The van der Waals surface area contributed by atoms with Crippen molar-refractivity contribution in [3.05, 3.63) is 30.1 Å². The Morgan fingerprint density at radius 3 is 2.65 bits per heavy atom. The Morgan fingerprint density at radius 2 is 2.00 bits per heavy atom. The van der Waals surface area contributed by atoms with Crippen molar-refractivity contribution in [3.8, 4) is 0 Å². The van der Waals surface area contributed by atoms with E-state index in [1.54, 1.807) is 19.1 Å². The number of carboxylic acid groups (broad SMARTS) is 1. The van der Waals surface area contributed by atoms with Gasteiger partial charge in [0.1, 0.15) is 6.54 Å². The number of carbonyl (C=O) groups excluding carboxylic acids is 1. The average molecular weight is 369 g/mol. The molecule has 1 aromatic heterocycles. The number of aliphatic carboxylic acids is 1. The summed E-state index contributed by atoms with van der Waals surface area (Å²) in [5.74, 6) is -3.39. The van der Waals surface area contributed by atoms with Crippen molar-refractivity contribution in [2.45, 2.75) is 38.5 Å². The van der Waals surface area contributed by atoms with Crippen molar-refractivity contribution in [2.24, 2.45) is 5.92 Å². The number of fused-ring (bicyclic) bond motifs is 1. The number of halogens is 3. The fourth-order valence-electron chi connectivity index (χ4n) is 3.50. The second kappa shape index (κ2) is 6.62. The van der Waals surface area contributed by atoms with E-state index in [9.17, 15) is 27.9 Å². The van der Waals surface area contributed by atoms with Gasteiger partial charge < -0.3 is 14.6 Å². The molecular weight excluding hydrogens is 351 g/mol. The van der Waals surface area contributed by atoms with Crippen molar-refractivity contribution in [1.82, 2.24) is 14.5 Å². The zero-order chi connectivity index (χ0) is 19.1. The first kappa shape index (κ1) is 18.2. The summed E-state index contributed by atoms with van der Waals surface area (Å²) < 4.78 is 40.9. The van der Waals surface area contributed by atoms with Crippen LogP contribution in [0.15, 0.2) is 24.3 Å². The molecule has 1 saturated heterocycles. The van der Waals surface area contributed by atoms with Gasteiger partial charge in [-0.1, -0.05) is 12.1 Å². The standard InChI is InChI=1S/C17H18F3N3O3/c1-10-11(15(25)26)5-4-8-22(10)14(24)9-23-13-7-3-2-6-12(13)21-16(23)17(18,19)20/h2-3,6-7,10-11H,4-5,8-9H2,1H3,(H,25,26)/t10-,11-/m1/s1. The van der Waals surface area contributed by atoms with E-state index in [0.717, 1.165) is 4.57 Å². The predicted octanol–water partition coefficient (Wildman–Crippen LogP) is 2.77. The van der Waals surface area contributed by atoms with Crippen LogP contribution in [-0.4, -0.2) is 44.0 Å². The molecule has 1 amide bonds.